The first-order valence-corrected chi connectivity index (χ1v) is 9.35. The molecule has 0 saturated carbocycles. The number of hydrogen-bond donors (Lipinski definition) is 2. The van der Waals surface area contributed by atoms with Gasteiger partial charge in [0.1, 0.15) is 5.75 Å². The highest BCUT2D eigenvalue weighted by Gasteiger charge is 2.24. The van der Waals surface area contributed by atoms with E-state index in [0.717, 1.165) is 0 Å². The number of nitrogens with one attached hydrogen (secondary N) is 1. The number of carboxylic acids is 1. The Balaban J connectivity index is 1.91. The highest BCUT2D eigenvalue weighted by molar-refractivity contribution is 5.95. The second kappa shape index (κ2) is 10.1. The molecule has 28 heavy (non-hydrogen) atoms. The van der Waals surface area contributed by atoms with E-state index in [1.807, 2.05) is 4.90 Å². The topological polar surface area (TPSA) is 105 Å². The number of piperidine rings is 1. The molecular weight excluding hydrogens is 364 g/mol. The van der Waals surface area contributed by atoms with Crippen LogP contribution < -0.4 is 10.1 Å². The molecule has 2 N–H and O–H groups in total. The Morgan fingerprint density at radius 2 is 1.79 bits per heavy atom. The van der Waals surface area contributed by atoms with Crippen LogP contribution in [0.1, 0.15) is 40.7 Å². The van der Waals surface area contributed by atoms with Crippen molar-refractivity contribution in [1.29, 1.82) is 0 Å². The average Bonchev–Trinajstić information content (AvgIpc) is 2.65. The lowest BCUT2D eigenvalue weighted by Crippen LogP contribution is -2.46. The van der Waals surface area contributed by atoms with Crippen LogP contribution in [0.2, 0.25) is 0 Å². The number of aliphatic carboxylic acids is 1. The average molecular weight is 392 g/mol. The maximum Gasteiger partial charge on any atom is 0.341 e. The van der Waals surface area contributed by atoms with Gasteiger partial charge in [-0.1, -0.05) is 0 Å². The largest absolute Gasteiger partial charge is 0.481 e. The van der Waals surface area contributed by atoms with Crippen molar-refractivity contribution >= 4 is 17.8 Å². The van der Waals surface area contributed by atoms with Gasteiger partial charge in [0.2, 0.25) is 5.91 Å². The first-order chi connectivity index (χ1) is 13.3. The second-order valence-corrected chi connectivity index (χ2v) is 6.99. The molecule has 1 aliphatic rings. The number of likely N-dealkylation sites (tertiary alicyclic amines) is 1. The number of ether oxygens (including phenoxy) is 2. The van der Waals surface area contributed by atoms with Crippen LogP contribution in [0.25, 0.3) is 0 Å². The molecule has 8 nitrogen and oxygen atoms in total. The third-order valence-electron chi connectivity index (χ3n) is 4.77. The van der Waals surface area contributed by atoms with Gasteiger partial charge in [0.25, 0.3) is 5.91 Å². The van der Waals surface area contributed by atoms with Crippen LogP contribution in [0.15, 0.2) is 12.1 Å². The lowest BCUT2D eigenvalue weighted by Gasteiger charge is -2.32. The molecular formula is C20H28N2O6. The van der Waals surface area contributed by atoms with Gasteiger partial charge >= 0.3 is 5.97 Å². The number of rotatable bonds is 8. The molecule has 0 bridgehead atoms. The van der Waals surface area contributed by atoms with Gasteiger partial charge in [-0.25, -0.2) is 4.79 Å². The highest BCUT2D eigenvalue weighted by atomic mass is 16.5. The zero-order valence-electron chi connectivity index (χ0n) is 16.6. The third kappa shape index (κ3) is 5.95. The SMILES string of the molecule is COCCC(=O)N1CCC(NC(=O)c2cc(C)c(OCC(=O)O)c(C)c2)CC1. The number of carboxylic acid groups (broad SMARTS) is 1. The third-order valence-corrected chi connectivity index (χ3v) is 4.77. The van der Waals surface area contributed by atoms with Gasteiger partial charge in [0, 0.05) is 31.8 Å². The summed E-state index contributed by atoms with van der Waals surface area (Å²) in [7, 11) is 1.57. The van der Waals surface area contributed by atoms with Gasteiger partial charge in [-0.2, -0.15) is 0 Å². The Morgan fingerprint density at radius 3 is 2.32 bits per heavy atom. The standard InChI is InChI=1S/C20H28N2O6/c1-13-10-15(11-14(2)19(13)28-12-18(24)25)20(26)21-16-4-7-22(8-5-16)17(23)6-9-27-3/h10-11,16H,4-9,12H2,1-3H3,(H,21,26)(H,24,25). The number of carbonyl (C=O) groups excluding carboxylic acids is 2. The van der Waals surface area contributed by atoms with Gasteiger partial charge in [0.05, 0.1) is 13.0 Å². The fraction of sp³-hybridized carbons (Fsp3) is 0.550. The van der Waals surface area contributed by atoms with Crippen molar-refractivity contribution in [3.05, 3.63) is 28.8 Å². The summed E-state index contributed by atoms with van der Waals surface area (Å²) in [6.45, 7) is 4.80. The molecule has 0 unspecified atom stereocenters. The van der Waals surface area contributed by atoms with Crippen LogP contribution in [0, 0.1) is 13.8 Å². The van der Waals surface area contributed by atoms with Crippen molar-refractivity contribution in [3.8, 4) is 5.75 Å². The summed E-state index contributed by atoms with van der Waals surface area (Å²) >= 11 is 0. The lowest BCUT2D eigenvalue weighted by atomic mass is 10.0. The van der Waals surface area contributed by atoms with E-state index in [1.165, 1.54) is 0 Å². The lowest BCUT2D eigenvalue weighted by molar-refractivity contribution is -0.139. The summed E-state index contributed by atoms with van der Waals surface area (Å²) in [5, 5.41) is 11.8. The van der Waals surface area contributed by atoms with E-state index in [2.05, 4.69) is 5.32 Å². The second-order valence-electron chi connectivity index (χ2n) is 6.99. The molecule has 2 rings (SSSR count). The number of carbonyl (C=O) groups is 3. The molecule has 0 aliphatic carbocycles. The minimum absolute atomic E-state index is 0.0162. The van der Waals surface area contributed by atoms with Crippen molar-refractivity contribution < 1.29 is 29.0 Å². The molecule has 2 amide bonds. The maximum atomic E-state index is 12.6. The van der Waals surface area contributed by atoms with Crippen LogP contribution in [0.4, 0.5) is 0 Å². The molecule has 0 atom stereocenters. The molecule has 154 valence electrons. The molecule has 1 aromatic carbocycles. The molecule has 1 aliphatic heterocycles. The highest BCUT2D eigenvalue weighted by Crippen LogP contribution is 2.25. The first kappa shape index (κ1) is 21.7. The number of amides is 2. The van der Waals surface area contributed by atoms with Gasteiger partial charge in [-0.3, -0.25) is 9.59 Å². The molecule has 1 saturated heterocycles. The van der Waals surface area contributed by atoms with Crippen molar-refractivity contribution in [1.82, 2.24) is 10.2 Å². The van der Waals surface area contributed by atoms with Crippen LogP contribution in [0.3, 0.4) is 0 Å². The number of hydrogen-bond acceptors (Lipinski definition) is 5. The van der Waals surface area contributed by atoms with E-state index in [9.17, 15) is 14.4 Å². The van der Waals surface area contributed by atoms with E-state index in [4.69, 9.17) is 14.6 Å². The zero-order chi connectivity index (χ0) is 20.7. The van der Waals surface area contributed by atoms with E-state index in [0.29, 0.717) is 61.4 Å². The molecule has 0 radical (unpaired) electrons. The smallest absolute Gasteiger partial charge is 0.341 e. The molecule has 0 spiro atoms. The number of aryl methyl sites for hydroxylation is 2. The van der Waals surface area contributed by atoms with E-state index in [1.54, 1.807) is 33.1 Å². The van der Waals surface area contributed by atoms with Crippen LogP contribution in [-0.2, 0) is 14.3 Å². The minimum atomic E-state index is -1.05. The van der Waals surface area contributed by atoms with E-state index >= 15 is 0 Å². The van der Waals surface area contributed by atoms with Gasteiger partial charge in [-0.15, -0.1) is 0 Å². The molecule has 1 heterocycles. The number of benzene rings is 1. The molecule has 1 aromatic rings. The number of nitrogens with zero attached hydrogens (tertiary/aromatic N) is 1. The minimum Gasteiger partial charge on any atom is -0.481 e. The monoisotopic (exact) mass is 392 g/mol. The Morgan fingerprint density at radius 1 is 1.18 bits per heavy atom. The Labute approximate surface area is 164 Å². The summed E-state index contributed by atoms with van der Waals surface area (Å²) in [5.41, 5.74) is 1.94. The summed E-state index contributed by atoms with van der Waals surface area (Å²) in [6, 6.07) is 3.41. The van der Waals surface area contributed by atoms with Gasteiger partial charge in [0.15, 0.2) is 6.61 Å². The molecule has 8 heteroatoms. The Bertz CT molecular complexity index is 702. The van der Waals surface area contributed by atoms with Crippen LogP contribution in [-0.4, -0.2) is 67.2 Å². The predicted molar refractivity (Wildman–Crippen MR) is 103 cm³/mol. The van der Waals surface area contributed by atoms with E-state index in [-0.39, 0.29) is 17.9 Å². The summed E-state index contributed by atoms with van der Waals surface area (Å²) < 4.78 is 10.2. The van der Waals surface area contributed by atoms with Crippen LogP contribution >= 0.6 is 0 Å². The predicted octanol–water partition coefficient (Wildman–Crippen LogP) is 1.52. The summed E-state index contributed by atoms with van der Waals surface area (Å²) in [4.78, 5) is 37.1. The zero-order valence-corrected chi connectivity index (χ0v) is 16.6. The summed E-state index contributed by atoms with van der Waals surface area (Å²) in [6.07, 6.45) is 1.80. The van der Waals surface area contributed by atoms with E-state index < -0.39 is 12.6 Å². The van der Waals surface area contributed by atoms with Crippen molar-refractivity contribution in [2.75, 3.05) is 33.4 Å². The first-order valence-electron chi connectivity index (χ1n) is 9.35. The van der Waals surface area contributed by atoms with Gasteiger partial charge in [-0.05, 0) is 49.9 Å². The normalized spacial score (nSPS) is 14.6. The van der Waals surface area contributed by atoms with Gasteiger partial charge < -0.3 is 24.8 Å². The van der Waals surface area contributed by atoms with Crippen molar-refractivity contribution in [3.63, 3.8) is 0 Å². The summed E-state index contributed by atoms with van der Waals surface area (Å²) in [5.74, 6) is -0.663. The Kier molecular flexibility index (Phi) is 7.80. The van der Waals surface area contributed by atoms with Crippen LogP contribution in [0.5, 0.6) is 5.75 Å². The maximum absolute atomic E-state index is 12.6. The fourth-order valence-electron chi connectivity index (χ4n) is 3.33. The molecule has 0 aromatic heterocycles. The fourth-order valence-corrected chi connectivity index (χ4v) is 3.33. The number of methoxy groups -OCH3 is 1. The Hall–Kier alpha value is -2.61. The molecule has 1 fully saturated rings. The van der Waals surface area contributed by atoms with Crippen molar-refractivity contribution in [2.45, 2.75) is 39.2 Å². The van der Waals surface area contributed by atoms with Crippen molar-refractivity contribution in [2.24, 2.45) is 0 Å². The quantitative estimate of drug-likeness (QED) is 0.695.